The lowest BCUT2D eigenvalue weighted by atomic mass is 10.0. The molecular weight excluding hydrogens is 276 g/mol. The molecule has 1 aromatic rings. The number of benzene rings is 1. The summed E-state index contributed by atoms with van der Waals surface area (Å²) in [7, 11) is 2.05. The summed E-state index contributed by atoms with van der Waals surface area (Å²) < 4.78 is 1.15. The summed E-state index contributed by atoms with van der Waals surface area (Å²) in [5.74, 6) is 0.834. The second-order valence-electron chi connectivity index (χ2n) is 5.00. The minimum Gasteiger partial charge on any atom is -0.371 e. The van der Waals surface area contributed by atoms with Crippen molar-refractivity contribution in [3.8, 4) is 0 Å². The van der Waals surface area contributed by atoms with Crippen LogP contribution in [0.15, 0.2) is 28.7 Å². The van der Waals surface area contributed by atoms with Crippen molar-refractivity contribution in [3.05, 3.63) is 28.7 Å². The maximum atomic E-state index is 3.48. The SMILES string of the molecule is CNC(C)CC1CCN(c2ccc(Br)cc2)C1. The van der Waals surface area contributed by atoms with Crippen LogP contribution in [0.3, 0.4) is 0 Å². The van der Waals surface area contributed by atoms with Gasteiger partial charge in [0.1, 0.15) is 0 Å². The van der Waals surface area contributed by atoms with Crippen LogP contribution in [0.1, 0.15) is 19.8 Å². The molecule has 1 fully saturated rings. The number of anilines is 1. The quantitative estimate of drug-likeness (QED) is 0.917. The summed E-state index contributed by atoms with van der Waals surface area (Å²) in [6.45, 7) is 4.67. The predicted octanol–water partition coefficient (Wildman–Crippen LogP) is 3.27. The topological polar surface area (TPSA) is 15.3 Å². The summed E-state index contributed by atoms with van der Waals surface area (Å²) in [6.07, 6.45) is 2.60. The molecule has 2 atom stereocenters. The fraction of sp³-hybridized carbons (Fsp3) is 0.571. The number of nitrogens with zero attached hydrogens (tertiary/aromatic N) is 1. The second kappa shape index (κ2) is 5.87. The van der Waals surface area contributed by atoms with E-state index in [0.717, 1.165) is 10.4 Å². The molecule has 0 radical (unpaired) electrons. The Morgan fingerprint density at radius 2 is 2.12 bits per heavy atom. The molecule has 0 saturated carbocycles. The van der Waals surface area contributed by atoms with Crippen molar-refractivity contribution in [2.24, 2.45) is 5.92 Å². The third-order valence-corrected chi connectivity index (χ3v) is 4.19. The molecule has 1 aliphatic heterocycles. The Morgan fingerprint density at radius 3 is 2.76 bits per heavy atom. The largest absolute Gasteiger partial charge is 0.371 e. The molecule has 0 aromatic heterocycles. The van der Waals surface area contributed by atoms with Crippen LogP contribution >= 0.6 is 15.9 Å². The van der Waals surface area contributed by atoms with E-state index in [-0.39, 0.29) is 0 Å². The zero-order chi connectivity index (χ0) is 12.3. The fourth-order valence-electron chi connectivity index (χ4n) is 2.53. The van der Waals surface area contributed by atoms with Crippen LogP contribution in [0, 0.1) is 5.92 Å². The molecule has 3 heteroatoms. The first kappa shape index (κ1) is 12.9. The predicted molar refractivity (Wildman–Crippen MR) is 77.6 cm³/mol. The van der Waals surface area contributed by atoms with Gasteiger partial charge in [-0.2, -0.15) is 0 Å². The van der Waals surface area contributed by atoms with Crippen molar-refractivity contribution in [1.29, 1.82) is 0 Å². The monoisotopic (exact) mass is 296 g/mol. The van der Waals surface area contributed by atoms with E-state index in [0.29, 0.717) is 6.04 Å². The number of hydrogen-bond acceptors (Lipinski definition) is 2. The smallest absolute Gasteiger partial charge is 0.0367 e. The van der Waals surface area contributed by atoms with Crippen molar-refractivity contribution in [1.82, 2.24) is 5.32 Å². The van der Waals surface area contributed by atoms with E-state index >= 15 is 0 Å². The van der Waals surface area contributed by atoms with E-state index < -0.39 is 0 Å². The van der Waals surface area contributed by atoms with Crippen LogP contribution in [0.4, 0.5) is 5.69 Å². The fourth-order valence-corrected chi connectivity index (χ4v) is 2.79. The van der Waals surface area contributed by atoms with Crippen LogP contribution in [-0.2, 0) is 0 Å². The molecule has 94 valence electrons. The molecule has 2 unspecified atom stereocenters. The standard InChI is InChI=1S/C14H21BrN2/c1-11(16-2)9-12-7-8-17(10-12)14-5-3-13(15)4-6-14/h3-6,11-12,16H,7-10H2,1-2H3. The summed E-state index contributed by atoms with van der Waals surface area (Å²) in [5, 5.41) is 3.33. The third kappa shape index (κ3) is 3.46. The normalized spacial score (nSPS) is 21.8. The average molecular weight is 297 g/mol. The van der Waals surface area contributed by atoms with Gasteiger partial charge in [-0.15, -0.1) is 0 Å². The molecule has 17 heavy (non-hydrogen) atoms. The van der Waals surface area contributed by atoms with Gasteiger partial charge in [-0.25, -0.2) is 0 Å². The Kier molecular flexibility index (Phi) is 4.46. The summed E-state index contributed by atoms with van der Waals surface area (Å²) in [6, 6.07) is 9.28. The van der Waals surface area contributed by atoms with Crippen LogP contribution < -0.4 is 10.2 Å². The van der Waals surface area contributed by atoms with Crippen LogP contribution in [0.25, 0.3) is 0 Å². The minimum absolute atomic E-state index is 0.630. The zero-order valence-corrected chi connectivity index (χ0v) is 12.2. The van der Waals surface area contributed by atoms with E-state index in [1.165, 1.54) is 31.6 Å². The molecule has 0 amide bonds. The number of nitrogens with one attached hydrogen (secondary N) is 1. The molecule has 2 nitrogen and oxygen atoms in total. The molecule has 1 N–H and O–H groups in total. The molecule has 0 bridgehead atoms. The van der Waals surface area contributed by atoms with Crippen LogP contribution in [-0.4, -0.2) is 26.2 Å². The van der Waals surface area contributed by atoms with Gasteiger partial charge in [0.15, 0.2) is 0 Å². The lowest BCUT2D eigenvalue weighted by Gasteiger charge is -2.20. The van der Waals surface area contributed by atoms with Crippen molar-refractivity contribution in [3.63, 3.8) is 0 Å². The first-order valence-electron chi connectivity index (χ1n) is 6.37. The lowest BCUT2D eigenvalue weighted by Crippen LogP contribution is -2.26. The van der Waals surface area contributed by atoms with E-state index in [2.05, 4.69) is 57.3 Å². The first-order valence-corrected chi connectivity index (χ1v) is 7.16. The van der Waals surface area contributed by atoms with Gasteiger partial charge < -0.3 is 10.2 Å². The summed E-state index contributed by atoms with van der Waals surface area (Å²) in [4.78, 5) is 2.50. The molecule has 2 rings (SSSR count). The van der Waals surface area contributed by atoms with Crippen molar-refractivity contribution < 1.29 is 0 Å². The van der Waals surface area contributed by atoms with Crippen molar-refractivity contribution in [2.45, 2.75) is 25.8 Å². The average Bonchev–Trinajstić information content (AvgIpc) is 2.78. The summed E-state index contributed by atoms with van der Waals surface area (Å²) in [5.41, 5.74) is 1.35. The van der Waals surface area contributed by atoms with Gasteiger partial charge in [0, 0.05) is 29.3 Å². The molecule has 1 aliphatic rings. The maximum absolute atomic E-state index is 3.48. The van der Waals surface area contributed by atoms with Crippen molar-refractivity contribution >= 4 is 21.6 Å². The Hall–Kier alpha value is -0.540. The molecule has 0 aliphatic carbocycles. The van der Waals surface area contributed by atoms with Gasteiger partial charge in [0.05, 0.1) is 0 Å². The Labute approximate surface area is 113 Å². The maximum Gasteiger partial charge on any atom is 0.0367 e. The molecular formula is C14H21BrN2. The minimum atomic E-state index is 0.630. The van der Waals surface area contributed by atoms with Crippen LogP contribution in [0.5, 0.6) is 0 Å². The van der Waals surface area contributed by atoms with E-state index in [4.69, 9.17) is 0 Å². The number of hydrogen-bond donors (Lipinski definition) is 1. The van der Waals surface area contributed by atoms with Gasteiger partial charge >= 0.3 is 0 Å². The molecule has 0 spiro atoms. The highest BCUT2D eigenvalue weighted by Crippen LogP contribution is 2.27. The van der Waals surface area contributed by atoms with Gasteiger partial charge in [-0.3, -0.25) is 0 Å². The highest BCUT2D eigenvalue weighted by molar-refractivity contribution is 9.10. The van der Waals surface area contributed by atoms with Crippen LogP contribution in [0.2, 0.25) is 0 Å². The Balaban J connectivity index is 1.91. The van der Waals surface area contributed by atoms with Gasteiger partial charge in [0.2, 0.25) is 0 Å². The lowest BCUT2D eigenvalue weighted by molar-refractivity contribution is 0.444. The molecule has 1 heterocycles. The number of rotatable bonds is 4. The highest BCUT2D eigenvalue weighted by Gasteiger charge is 2.23. The van der Waals surface area contributed by atoms with E-state index in [9.17, 15) is 0 Å². The number of halogens is 1. The van der Waals surface area contributed by atoms with Gasteiger partial charge in [-0.05, 0) is 57.0 Å². The van der Waals surface area contributed by atoms with E-state index in [1.807, 2.05) is 7.05 Å². The Morgan fingerprint density at radius 1 is 1.41 bits per heavy atom. The van der Waals surface area contributed by atoms with Crippen molar-refractivity contribution in [2.75, 3.05) is 25.0 Å². The third-order valence-electron chi connectivity index (χ3n) is 3.66. The van der Waals surface area contributed by atoms with Gasteiger partial charge in [-0.1, -0.05) is 15.9 Å². The molecule has 1 aromatic carbocycles. The van der Waals surface area contributed by atoms with E-state index in [1.54, 1.807) is 0 Å². The molecule has 1 saturated heterocycles. The summed E-state index contributed by atoms with van der Waals surface area (Å²) >= 11 is 3.48. The second-order valence-corrected chi connectivity index (χ2v) is 5.92. The zero-order valence-electron chi connectivity index (χ0n) is 10.6. The van der Waals surface area contributed by atoms with Gasteiger partial charge in [0.25, 0.3) is 0 Å². The Bertz CT molecular complexity index is 350. The first-order chi connectivity index (χ1) is 8.19. The highest BCUT2D eigenvalue weighted by atomic mass is 79.9.